The van der Waals surface area contributed by atoms with Gasteiger partial charge >= 0.3 is 0 Å². The zero-order chi connectivity index (χ0) is 12.3. The van der Waals surface area contributed by atoms with Crippen LogP contribution in [0.3, 0.4) is 0 Å². The first-order chi connectivity index (χ1) is 8.06. The first-order valence-electron chi connectivity index (χ1n) is 5.64. The van der Waals surface area contributed by atoms with E-state index in [2.05, 4.69) is 42.0 Å². The van der Waals surface area contributed by atoms with E-state index in [0.717, 1.165) is 10.8 Å². The molecule has 0 N–H and O–H groups in total. The molecule has 0 aliphatic heterocycles. The van der Waals surface area contributed by atoms with Crippen molar-refractivity contribution in [3.8, 4) is 5.69 Å². The number of para-hydroxylation sites is 1. The Morgan fingerprint density at radius 3 is 2.53 bits per heavy atom. The summed E-state index contributed by atoms with van der Waals surface area (Å²) in [4.78, 5) is 0. The highest BCUT2D eigenvalue weighted by molar-refractivity contribution is 8.00. The molecule has 3 nitrogen and oxygen atoms in total. The number of nitrogens with zero attached hydrogens (tertiary/aromatic N) is 3. The molecule has 0 bridgehead atoms. The Morgan fingerprint density at radius 2 is 1.88 bits per heavy atom. The molecule has 0 radical (unpaired) electrons. The number of thioether (sulfide) groups is 1. The predicted octanol–water partition coefficient (Wildman–Crippen LogP) is 3.24. The van der Waals surface area contributed by atoms with Gasteiger partial charge < -0.3 is 0 Å². The van der Waals surface area contributed by atoms with Gasteiger partial charge in [-0.05, 0) is 17.5 Å². The summed E-state index contributed by atoms with van der Waals surface area (Å²) < 4.78 is 2.05. The van der Waals surface area contributed by atoms with Crippen LogP contribution in [0.4, 0.5) is 0 Å². The SMILES string of the molecule is C[Si](C)(C)CSc1nncn1-c1ccccc1. The van der Waals surface area contributed by atoms with Crippen molar-refractivity contribution in [1.29, 1.82) is 0 Å². The van der Waals surface area contributed by atoms with E-state index in [-0.39, 0.29) is 0 Å². The topological polar surface area (TPSA) is 30.7 Å². The largest absolute Gasteiger partial charge is 0.277 e. The summed E-state index contributed by atoms with van der Waals surface area (Å²) in [5, 5.41) is 10.4. The summed E-state index contributed by atoms with van der Waals surface area (Å²) in [6.07, 6.45) is 1.78. The molecule has 2 rings (SSSR count). The third-order valence-corrected chi connectivity index (χ3v) is 6.76. The van der Waals surface area contributed by atoms with E-state index < -0.39 is 8.07 Å². The molecule has 5 heteroatoms. The minimum Gasteiger partial charge on any atom is -0.277 e. The Kier molecular flexibility index (Phi) is 3.68. The van der Waals surface area contributed by atoms with Crippen molar-refractivity contribution in [3.63, 3.8) is 0 Å². The molecular weight excluding hydrogens is 246 g/mol. The van der Waals surface area contributed by atoms with Crippen LogP contribution in [0.2, 0.25) is 19.6 Å². The van der Waals surface area contributed by atoms with Crippen LogP contribution in [-0.2, 0) is 0 Å². The van der Waals surface area contributed by atoms with Crippen LogP contribution in [0.15, 0.2) is 41.8 Å². The predicted molar refractivity (Wildman–Crippen MR) is 75.4 cm³/mol. The molecule has 0 saturated heterocycles. The van der Waals surface area contributed by atoms with E-state index in [4.69, 9.17) is 0 Å². The molecule has 0 fully saturated rings. The fourth-order valence-electron chi connectivity index (χ4n) is 1.37. The molecule has 17 heavy (non-hydrogen) atoms. The van der Waals surface area contributed by atoms with Crippen molar-refractivity contribution >= 4 is 19.8 Å². The first-order valence-corrected chi connectivity index (χ1v) is 10.3. The Bertz CT molecular complexity index is 476. The molecule has 90 valence electrons. The lowest BCUT2D eigenvalue weighted by molar-refractivity contribution is 0.886. The van der Waals surface area contributed by atoms with Crippen molar-refractivity contribution < 1.29 is 0 Å². The molecule has 0 spiro atoms. The molecule has 0 unspecified atom stereocenters. The van der Waals surface area contributed by atoms with E-state index >= 15 is 0 Å². The van der Waals surface area contributed by atoms with Crippen LogP contribution in [0.1, 0.15) is 0 Å². The Labute approximate surface area is 107 Å². The molecule has 1 heterocycles. The Hall–Kier alpha value is -1.07. The molecule has 0 atom stereocenters. The van der Waals surface area contributed by atoms with Gasteiger partial charge in [0, 0.05) is 5.69 Å². The van der Waals surface area contributed by atoms with Gasteiger partial charge in [0.2, 0.25) is 0 Å². The normalized spacial score (nSPS) is 11.7. The molecule has 2 aromatic rings. The summed E-state index contributed by atoms with van der Waals surface area (Å²) in [7, 11) is -1.06. The molecule has 1 aromatic carbocycles. The van der Waals surface area contributed by atoms with Crippen LogP contribution in [-0.4, -0.2) is 28.2 Å². The maximum absolute atomic E-state index is 4.19. The number of hydrogen-bond donors (Lipinski definition) is 0. The third kappa shape index (κ3) is 3.44. The Balaban J connectivity index is 2.18. The van der Waals surface area contributed by atoms with Crippen LogP contribution in [0, 0.1) is 0 Å². The number of aromatic nitrogens is 3. The Morgan fingerprint density at radius 1 is 1.18 bits per heavy atom. The summed E-state index contributed by atoms with van der Waals surface area (Å²) >= 11 is 1.81. The molecule has 0 saturated carbocycles. The second-order valence-electron chi connectivity index (χ2n) is 5.17. The van der Waals surface area contributed by atoms with Crippen LogP contribution in [0.5, 0.6) is 0 Å². The zero-order valence-corrected chi connectivity index (χ0v) is 12.2. The quantitative estimate of drug-likeness (QED) is 0.627. The number of hydrogen-bond acceptors (Lipinski definition) is 3. The van der Waals surface area contributed by atoms with Gasteiger partial charge in [-0.3, -0.25) is 4.57 Å². The summed E-state index contributed by atoms with van der Waals surface area (Å²) in [6.45, 7) is 7.09. The smallest absolute Gasteiger partial charge is 0.195 e. The minimum absolute atomic E-state index is 0.985. The van der Waals surface area contributed by atoms with E-state index in [1.807, 2.05) is 22.8 Å². The van der Waals surface area contributed by atoms with Gasteiger partial charge in [0.15, 0.2) is 5.16 Å². The average Bonchev–Trinajstić information content (AvgIpc) is 2.75. The number of benzene rings is 1. The molecule has 0 amide bonds. The molecule has 1 aromatic heterocycles. The first kappa shape index (κ1) is 12.4. The fourth-order valence-corrected chi connectivity index (χ4v) is 4.01. The van der Waals surface area contributed by atoms with Crippen molar-refractivity contribution in [2.75, 3.05) is 5.38 Å². The summed E-state index contributed by atoms with van der Waals surface area (Å²) in [6, 6.07) is 10.2. The monoisotopic (exact) mass is 263 g/mol. The molecule has 0 aliphatic carbocycles. The number of rotatable bonds is 4. The van der Waals surface area contributed by atoms with Gasteiger partial charge in [-0.2, -0.15) is 0 Å². The minimum atomic E-state index is -1.06. The van der Waals surface area contributed by atoms with E-state index in [1.54, 1.807) is 18.1 Å². The van der Waals surface area contributed by atoms with Crippen molar-refractivity contribution in [2.24, 2.45) is 0 Å². The van der Waals surface area contributed by atoms with Gasteiger partial charge in [0.25, 0.3) is 0 Å². The average molecular weight is 263 g/mol. The van der Waals surface area contributed by atoms with Gasteiger partial charge in [-0.15, -0.1) is 10.2 Å². The van der Waals surface area contributed by atoms with Crippen LogP contribution >= 0.6 is 11.8 Å². The van der Waals surface area contributed by atoms with Crippen LogP contribution < -0.4 is 0 Å². The van der Waals surface area contributed by atoms with Crippen molar-refractivity contribution in [1.82, 2.24) is 14.8 Å². The van der Waals surface area contributed by atoms with Crippen molar-refractivity contribution in [3.05, 3.63) is 36.7 Å². The zero-order valence-electron chi connectivity index (χ0n) is 10.4. The lowest BCUT2D eigenvalue weighted by Crippen LogP contribution is -2.24. The van der Waals surface area contributed by atoms with Crippen molar-refractivity contribution in [2.45, 2.75) is 24.8 Å². The third-order valence-electron chi connectivity index (χ3n) is 2.19. The van der Waals surface area contributed by atoms with E-state index in [0.29, 0.717) is 0 Å². The van der Waals surface area contributed by atoms with Gasteiger partial charge in [-0.1, -0.05) is 49.6 Å². The lowest BCUT2D eigenvalue weighted by Gasteiger charge is -2.14. The molecule has 0 aliphatic rings. The maximum atomic E-state index is 4.19. The van der Waals surface area contributed by atoms with Gasteiger partial charge in [-0.25, -0.2) is 0 Å². The van der Waals surface area contributed by atoms with Gasteiger partial charge in [0.1, 0.15) is 6.33 Å². The van der Waals surface area contributed by atoms with Crippen LogP contribution in [0.25, 0.3) is 5.69 Å². The standard InChI is InChI=1S/C12H17N3SSi/c1-17(2,3)10-16-12-14-13-9-15(12)11-7-5-4-6-8-11/h4-9H,10H2,1-3H3. The highest BCUT2D eigenvalue weighted by atomic mass is 32.2. The van der Waals surface area contributed by atoms with Gasteiger partial charge in [0.05, 0.1) is 8.07 Å². The highest BCUT2D eigenvalue weighted by Crippen LogP contribution is 2.22. The summed E-state index contributed by atoms with van der Waals surface area (Å²) in [5.74, 6) is 0. The van der Waals surface area contributed by atoms with E-state index in [9.17, 15) is 0 Å². The molecular formula is C12H17N3SSi. The summed E-state index contributed by atoms with van der Waals surface area (Å²) in [5.41, 5.74) is 1.12. The second-order valence-corrected chi connectivity index (χ2v) is 12.1. The van der Waals surface area contributed by atoms with E-state index in [1.165, 1.54) is 5.38 Å². The maximum Gasteiger partial charge on any atom is 0.195 e. The highest BCUT2D eigenvalue weighted by Gasteiger charge is 2.16. The second kappa shape index (κ2) is 5.06. The fraction of sp³-hybridized carbons (Fsp3) is 0.333. The lowest BCUT2D eigenvalue weighted by atomic mass is 10.3.